The van der Waals surface area contributed by atoms with E-state index in [-0.39, 0.29) is 12.3 Å². The number of halogens is 1. The Bertz CT molecular complexity index is 1190. The number of carbonyl (C=O) groups excluding carboxylic acids is 3. The molecule has 1 unspecified atom stereocenters. The smallest absolute Gasteiger partial charge is 0.325 e. The molecule has 1 saturated heterocycles. The number of carbonyl (C=O) groups is 3. The second-order valence-corrected chi connectivity index (χ2v) is 8.10. The lowest BCUT2D eigenvalue weighted by Gasteiger charge is -2.24. The van der Waals surface area contributed by atoms with Gasteiger partial charge in [0.2, 0.25) is 0 Å². The lowest BCUT2D eigenvalue weighted by atomic mass is 9.88. The molecule has 0 aliphatic carbocycles. The fourth-order valence-electron chi connectivity index (χ4n) is 3.76. The van der Waals surface area contributed by atoms with E-state index >= 15 is 0 Å². The van der Waals surface area contributed by atoms with E-state index in [0.717, 1.165) is 15.7 Å². The van der Waals surface area contributed by atoms with Crippen LogP contribution in [0.15, 0.2) is 65.1 Å². The van der Waals surface area contributed by atoms with Crippen molar-refractivity contribution in [3.8, 4) is 5.75 Å². The van der Waals surface area contributed by atoms with Crippen molar-refractivity contribution < 1.29 is 19.1 Å². The normalized spacial score (nSPS) is 18.6. The third-order valence-corrected chi connectivity index (χ3v) is 6.00. The molecule has 0 radical (unpaired) electrons. The number of rotatable bonds is 5. The summed E-state index contributed by atoms with van der Waals surface area (Å²) in [6.07, 6.45) is 0. The van der Waals surface area contributed by atoms with Crippen LogP contribution in [0.1, 0.15) is 22.8 Å². The van der Waals surface area contributed by atoms with Crippen LogP contribution in [0.25, 0.3) is 10.8 Å². The molecule has 3 aromatic rings. The van der Waals surface area contributed by atoms with Crippen LogP contribution in [0.3, 0.4) is 0 Å². The summed E-state index contributed by atoms with van der Waals surface area (Å²) in [4.78, 5) is 39.7. The monoisotopic (exact) mass is 466 g/mol. The molecular weight excluding hydrogens is 448 g/mol. The maximum atomic E-state index is 13.3. The van der Waals surface area contributed by atoms with Gasteiger partial charge in [-0.05, 0) is 57.4 Å². The quantitative estimate of drug-likeness (QED) is 0.450. The van der Waals surface area contributed by atoms with Gasteiger partial charge in [-0.25, -0.2) is 4.79 Å². The molecule has 0 spiro atoms. The van der Waals surface area contributed by atoms with E-state index in [0.29, 0.717) is 21.3 Å². The van der Waals surface area contributed by atoms with Gasteiger partial charge in [0.25, 0.3) is 5.91 Å². The minimum atomic E-state index is -1.25. The largest absolute Gasteiger partial charge is 0.496 e. The van der Waals surface area contributed by atoms with Crippen molar-refractivity contribution >= 4 is 44.4 Å². The van der Waals surface area contributed by atoms with Gasteiger partial charge in [0.05, 0.1) is 18.1 Å². The summed E-state index contributed by atoms with van der Waals surface area (Å²) in [6, 6.07) is 17.6. The van der Waals surface area contributed by atoms with Crippen LogP contribution >= 0.6 is 15.9 Å². The molecule has 152 valence electrons. The number of fused-ring (bicyclic) bond motifs is 1. The zero-order chi connectivity index (χ0) is 21.5. The number of urea groups is 1. The first-order valence-electron chi connectivity index (χ1n) is 9.34. The molecule has 7 heteroatoms. The van der Waals surface area contributed by atoms with Crippen LogP contribution < -0.4 is 10.1 Å². The molecule has 6 nitrogen and oxygen atoms in total. The highest BCUT2D eigenvalue weighted by Gasteiger charge is 2.50. The first-order chi connectivity index (χ1) is 14.3. The third-order valence-electron chi connectivity index (χ3n) is 5.38. The second-order valence-electron chi connectivity index (χ2n) is 7.25. The van der Waals surface area contributed by atoms with E-state index in [1.807, 2.05) is 42.5 Å². The highest BCUT2D eigenvalue weighted by atomic mass is 79.9. The summed E-state index contributed by atoms with van der Waals surface area (Å²) in [5.41, 5.74) is -0.179. The van der Waals surface area contributed by atoms with Crippen molar-refractivity contribution in [1.29, 1.82) is 0 Å². The van der Waals surface area contributed by atoms with Crippen molar-refractivity contribution in [1.82, 2.24) is 10.2 Å². The standard InChI is InChI=1S/C23H19BrN2O4/c1-23(17-9-5-7-14-6-3-4-8-16(14)17)21(28)26(22(29)25-23)13-19(27)15-10-11-20(30-2)18(24)12-15/h3-12H,13H2,1-2H3,(H,25,29). The number of hydrogen-bond donors (Lipinski definition) is 1. The zero-order valence-corrected chi connectivity index (χ0v) is 18.0. The van der Waals surface area contributed by atoms with Crippen LogP contribution in [0, 0.1) is 0 Å². The summed E-state index contributed by atoms with van der Waals surface area (Å²) in [5, 5.41) is 4.63. The second kappa shape index (κ2) is 7.57. The Hall–Kier alpha value is -3.19. The molecule has 3 amide bonds. The molecule has 3 aromatic carbocycles. The number of nitrogens with zero attached hydrogens (tertiary/aromatic N) is 1. The van der Waals surface area contributed by atoms with Gasteiger partial charge < -0.3 is 10.1 Å². The Kier molecular flexibility index (Phi) is 5.07. The number of amides is 3. The van der Waals surface area contributed by atoms with Crippen LogP contribution in [0.5, 0.6) is 5.75 Å². The van der Waals surface area contributed by atoms with E-state index in [2.05, 4.69) is 21.2 Å². The van der Waals surface area contributed by atoms with E-state index in [1.54, 1.807) is 25.1 Å². The number of imide groups is 1. The highest BCUT2D eigenvalue weighted by molar-refractivity contribution is 9.10. The van der Waals surface area contributed by atoms with Crippen molar-refractivity contribution in [3.05, 3.63) is 76.3 Å². The molecule has 0 saturated carbocycles. The summed E-state index contributed by atoms with van der Waals surface area (Å²) in [7, 11) is 1.53. The van der Waals surface area contributed by atoms with Crippen molar-refractivity contribution in [2.24, 2.45) is 0 Å². The molecule has 1 atom stereocenters. The lowest BCUT2D eigenvalue weighted by Crippen LogP contribution is -2.41. The number of nitrogens with one attached hydrogen (secondary N) is 1. The van der Waals surface area contributed by atoms with Gasteiger partial charge in [-0.2, -0.15) is 0 Å². The molecule has 1 aliphatic rings. The van der Waals surface area contributed by atoms with E-state index in [1.165, 1.54) is 7.11 Å². The number of ether oxygens (including phenoxy) is 1. The van der Waals surface area contributed by atoms with Gasteiger partial charge in [-0.15, -0.1) is 0 Å². The predicted molar refractivity (Wildman–Crippen MR) is 117 cm³/mol. The molecule has 4 rings (SSSR count). The Morgan fingerprint density at radius 2 is 1.83 bits per heavy atom. The predicted octanol–water partition coefficient (Wildman–Crippen LogP) is 4.26. The van der Waals surface area contributed by atoms with Gasteiger partial charge in [0.15, 0.2) is 5.78 Å². The Morgan fingerprint density at radius 3 is 2.57 bits per heavy atom. The van der Waals surface area contributed by atoms with Crippen molar-refractivity contribution in [2.75, 3.05) is 13.7 Å². The Balaban J connectivity index is 1.64. The lowest BCUT2D eigenvalue weighted by molar-refractivity contribution is -0.130. The summed E-state index contributed by atoms with van der Waals surface area (Å²) in [6.45, 7) is 1.33. The first-order valence-corrected chi connectivity index (χ1v) is 10.1. The van der Waals surface area contributed by atoms with Crippen LogP contribution in [-0.4, -0.2) is 36.3 Å². The SMILES string of the molecule is COc1ccc(C(=O)CN2C(=O)NC(C)(c3cccc4ccccc34)C2=O)cc1Br. The van der Waals surface area contributed by atoms with Gasteiger partial charge in [-0.3, -0.25) is 14.5 Å². The molecule has 1 aliphatic heterocycles. The summed E-state index contributed by atoms with van der Waals surface area (Å²) in [5.74, 6) is -0.209. The number of ketones is 1. The molecule has 1 N–H and O–H groups in total. The van der Waals surface area contributed by atoms with Gasteiger partial charge in [0, 0.05) is 5.56 Å². The topological polar surface area (TPSA) is 75.7 Å². The van der Waals surface area contributed by atoms with Gasteiger partial charge >= 0.3 is 6.03 Å². The number of benzene rings is 3. The molecular formula is C23H19BrN2O4. The molecule has 0 bridgehead atoms. The molecule has 1 heterocycles. The van der Waals surface area contributed by atoms with Crippen molar-refractivity contribution in [3.63, 3.8) is 0 Å². The Morgan fingerprint density at radius 1 is 1.10 bits per heavy atom. The maximum Gasteiger partial charge on any atom is 0.325 e. The molecule has 0 aromatic heterocycles. The van der Waals surface area contributed by atoms with Crippen LogP contribution in [0.4, 0.5) is 4.79 Å². The highest BCUT2D eigenvalue weighted by Crippen LogP contribution is 2.34. The zero-order valence-electron chi connectivity index (χ0n) is 16.4. The molecule has 30 heavy (non-hydrogen) atoms. The minimum absolute atomic E-state index is 0.343. The number of hydrogen-bond acceptors (Lipinski definition) is 4. The fourth-order valence-corrected chi connectivity index (χ4v) is 4.30. The van der Waals surface area contributed by atoms with E-state index in [9.17, 15) is 14.4 Å². The number of Topliss-reactive ketones (excluding diaryl/α,β-unsaturated/α-hetero) is 1. The minimum Gasteiger partial charge on any atom is -0.496 e. The van der Waals surface area contributed by atoms with Crippen LogP contribution in [0.2, 0.25) is 0 Å². The van der Waals surface area contributed by atoms with Gasteiger partial charge in [-0.1, -0.05) is 42.5 Å². The average Bonchev–Trinajstić information content (AvgIpc) is 2.97. The third kappa shape index (κ3) is 3.25. The fraction of sp³-hybridized carbons (Fsp3) is 0.174. The first kappa shape index (κ1) is 20.1. The van der Waals surface area contributed by atoms with E-state index < -0.39 is 17.5 Å². The molecule has 1 fully saturated rings. The van der Waals surface area contributed by atoms with Gasteiger partial charge in [0.1, 0.15) is 11.3 Å². The maximum absolute atomic E-state index is 13.3. The van der Waals surface area contributed by atoms with Crippen molar-refractivity contribution in [2.45, 2.75) is 12.5 Å². The number of methoxy groups -OCH3 is 1. The summed E-state index contributed by atoms with van der Waals surface area (Å²) >= 11 is 3.35. The van der Waals surface area contributed by atoms with E-state index in [4.69, 9.17) is 4.74 Å². The summed E-state index contributed by atoms with van der Waals surface area (Å²) < 4.78 is 5.79. The van der Waals surface area contributed by atoms with Crippen LogP contribution in [-0.2, 0) is 10.3 Å². The Labute approximate surface area is 181 Å². The average molecular weight is 467 g/mol.